The zero-order valence-electron chi connectivity index (χ0n) is 11.3. The summed E-state index contributed by atoms with van der Waals surface area (Å²) in [5.74, 6) is -0.361. The SMILES string of the molecule is CNC(=O)C(C)(C)CNC(=O)C1(C#N)CCCC1. The van der Waals surface area contributed by atoms with Gasteiger partial charge in [0.2, 0.25) is 11.8 Å². The molecule has 0 atom stereocenters. The van der Waals surface area contributed by atoms with Crippen LogP contribution in [-0.2, 0) is 9.59 Å². The quantitative estimate of drug-likeness (QED) is 0.780. The second-order valence-corrected chi connectivity index (χ2v) is 5.55. The number of nitriles is 1. The third-order valence-corrected chi connectivity index (χ3v) is 3.64. The van der Waals surface area contributed by atoms with Gasteiger partial charge in [-0.25, -0.2) is 0 Å². The van der Waals surface area contributed by atoms with E-state index in [9.17, 15) is 14.9 Å². The van der Waals surface area contributed by atoms with Gasteiger partial charge >= 0.3 is 0 Å². The zero-order valence-corrected chi connectivity index (χ0v) is 11.3. The molecule has 5 nitrogen and oxygen atoms in total. The summed E-state index contributed by atoms with van der Waals surface area (Å²) in [7, 11) is 1.57. The van der Waals surface area contributed by atoms with Gasteiger partial charge in [0.25, 0.3) is 0 Å². The Hall–Kier alpha value is -1.57. The molecule has 1 aliphatic carbocycles. The minimum atomic E-state index is -0.876. The normalized spacial score (nSPS) is 17.9. The van der Waals surface area contributed by atoms with E-state index in [1.165, 1.54) is 0 Å². The molecule has 0 aliphatic heterocycles. The summed E-state index contributed by atoms with van der Waals surface area (Å²) in [6.07, 6.45) is 3.07. The molecule has 0 aromatic carbocycles. The lowest BCUT2D eigenvalue weighted by molar-refractivity contribution is -0.131. The molecule has 5 heteroatoms. The fraction of sp³-hybridized carbons (Fsp3) is 0.769. The highest BCUT2D eigenvalue weighted by molar-refractivity contribution is 5.87. The number of rotatable bonds is 4. The fourth-order valence-corrected chi connectivity index (χ4v) is 2.26. The highest BCUT2D eigenvalue weighted by Crippen LogP contribution is 2.37. The van der Waals surface area contributed by atoms with E-state index in [2.05, 4.69) is 16.7 Å². The maximum absolute atomic E-state index is 12.1. The van der Waals surface area contributed by atoms with Crippen molar-refractivity contribution in [3.05, 3.63) is 0 Å². The molecule has 2 amide bonds. The average Bonchev–Trinajstić information content (AvgIpc) is 2.84. The van der Waals surface area contributed by atoms with E-state index < -0.39 is 10.8 Å². The fourth-order valence-electron chi connectivity index (χ4n) is 2.26. The summed E-state index contributed by atoms with van der Waals surface area (Å²) in [6.45, 7) is 3.77. The molecule has 0 heterocycles. The molecule has 18 heavy (non-hydrogen) atoms. The zero-order chi connectivity index (χ0) is 13.8. The van der Waals surface area contributed by atoms with Crippen LogP contribution in [0, 0.1) is 22.2 Å². The molecule has 2 N–H and O–H groups in total. The molecule has 0 radical (unpaired) electrons. The Balaban J connectivity index is 2.61. The summed E-state index contributed by atoms with van der Waals surface area (Å²) in [5, 5.41) is 14.5. The summed E-state index contributed by atoms with van der Waals surface area (Å²) in [6, 6.07) is 2.14. The van der Waals surface area contributed by atoms with Gasteiger partial charge in [0.15, 0.2) is 0 Å². The second kappa shape index (κ2) is 5.38. The Labute approximate surface area is 108 Å². The molecule has 1 aliphatic rings. The molecule has 0 unspecified atom stereocenters. The van der Waals surface area contributed by atoms with E-state index in [0.717, 1.165) is 12.8 Å². The molecule has 0 aromatic heterocycles. The molecular formula is C13H21N3O2. The molecule has 0 spiro atoms. The van der Waals surface area contributed by atoms with Crippen LogP contribution in [0.3, 0.4) is 0 Å². The monoisotopic (exact) mass is 251 g/mol. The first-order chi connectivity index (χ1) is 8.38. The van der Waals surface area contributed by atoms with Crippen molar-refractivity contribution < 1.29 is 9.59 Å². The van der Waals surface area contributed by atoms with Crippen LogP contribution in [0.5, 0.6) is 0 Å². The second-order valence-electron chi connectivity index (χ2n) is 5.55. The maximum atomic E-state index is 12.1. The Morgan fingerprint density at radius 2 is 1.89 bits per heavy atom. The van der Waals surface area contributed by atoms with Gasteiger partial charge in [-0.2, -0.15) is 5.26 Å². The third-order valence-electron chi connectivity index (χ3n) is 3.64. The van der Waals surface area contributed by atoms with Crippen LogP contribution in [0.15, 0.2) is 0 Å². The molecule has 1 saturated carbocycles. The minimum absolute atomic E-state index is 0.125. The highest BCUT2D eigenvalue weighted by atomic mass is 16.2. The first kappa shape index (κ1) is 14.5. The van der Waals surface area contributed by atoms with Crippen molar-refractivity contribution in [2.24, 2.45) is 10.8 Å². The molecule has 1 rings (SSSR count). The topological polar surface area (TPSA) is 82.0 Å². The van der Waals surface area contributed by atoms with Crippen LogP contribution >= 0.6 is 0 Å². The van der Waals surface area contributed by atoms with Crippen LogP contribution in [0.25, 0.3) is 0 Å². The van der Waals surface area contributed by atoms with Crippen LogP contribution in [0.1, 0.15) is 39.5 Å². The number of hydrogen-bond donors (Lipinski definition) is 2. The van der Waals surface area contributed by atoms with Gasteiger partial charge in [-0.15, -0.1) is 0 Å². The largest absolute Gasteiger partial charge is 0.359 e. The summed E-state index contributed by atoms with van der Waals surface area (Å²) < 4.78 is 0. The number of carbonyl (C=O) groups excluding carboxylic acids is 2. The molecule has 0 saturated heterocycles. The Morgan fingerprint density at radius 3 is 2.33 bits per heavy atom. The van der Waals surface area contributed by atoms with E-state index in [1.807, 2.05) is 0 Å². The van der Waals surface area contributed by atoms with Crippen molar-refractivity contribution >= 4 is 11.8 Å². The van der Waals surface area contributed by atoms with Crippen molar-refractivity contribution in [2.75, 3.05) is 13.6 Å². The van der Waals surface area contributed by atoms with Gasteiger partial charge in [0.05, 0.1) is 11.5 Å². The third kappa shape index (κ3) is 2.81. The lowest BCUT2D eigenvalue weighted by atomic mass is 9.86. The molecule has 0 aromatic rings. The predicted molar refractivity (Wildman–Crippen MR) is 67.4 cm³/mol. The van der Waals surface area contributed by atoms with Crippen LogP contribution in [0.2, 0.25) is 0 Å². The molecule has 1 fully saturated rings. The number of amides is 2. The van der Waals surface area contributed by atoms with Crippen molar-refractivity contribution in [1.29, 1.82) is 5.26 Å². The van der Waals surface area contributed by atoms with Crippen molar-refractivity contribution in [1.82, 2.24) is 10.6 Å². The van der Waals surface area contributed by atoms with Crippen molar-refractivity contribution in [3.63, 3.8) is 0 Å². The standard InChI is InChI=1S/C13H21N3O2/c1-12(2,10(17)15-3)9-16-11(18)13(8-14)6-4-5-7-13/h4-7,9H2,1-3H3,(H,15,17)(H,16,18). The van der Waals surface area contributed by atoms with Crippen molar-refractivity contribution in [3.8, 4) is 6.07 Å². The van der Waals surface area contributed by atoms with Gasteiger partial charge in [-0.1, -0.05) is 12.8 Å². The van der Waals surface area contributed by atoms with Gasteiger partial charge < -0.3 is 10.6 Å². The molecule has 100 valence electrons. The van der Waals surface area contributed by atoms with E-state index in [-0.39, 0.29) is 18.4 Å². The Bertz CT molecular complexity index is 376. The average molecular weight is 251 g/mol. The highest BCUT2D eigenvalue weighted by Gasteiger charge is 2.42. The van der Waals surface area contributed by atoms with E-state index >= 15 is 0 Å². The number of carbonyl (C=O) groups is 2. The summed E-state index contributed by atoms with van der Waals surface area (Å²) in [5.41, 5.74) is -1.54. The smallest absolute Gasteiger partial charge is 0.240 e. The van der Waals surface area contributed by atoms with E-state index in [0.29, 0.717) is 12.8 Å². The molecule has 0 bridgehead atoms. The van der Waals surface area contributed by atoms with Crippen LogP contribution in [-0.4, -0.2) is 25.4 Å². The first-order valence-corrected chi connectivity index (χ1v) is 6.30. The van der Waals surface area contributed by atoms with Crippen LogP contribution in [0.4, 0.5) is 0 Å². The summed E-state index contributed by atoms with van der Waals surface area (Å²) in [4.78, 5) is 23.7. The lowest BCUT2D eigenvalue weighted by Crippen LogP contribution is -2.47. The Morgan fingerprint density at radius 1 is 1.33 bits per heavy atom. The molecular weight excluding hydrogens is 230 g/mol. The van der Waals surface area contributed by atoms with Crippen LogP contribution < -0.4 is 10.6 Å². The minimum Gasteiger partial charge on any atom is -0.359 e. The first-order valence-electron chi connectivity index (χ1n) is 6.30. The predicted octanol–water partition coefficient (Wildman–Crippen LogP) is 0.959. The van der Waals surface area contributed by atoms with Crippen molar-refractivity contribution in [2.45, 2.75) is 39.5 Å². The number of hydrogen-bond acceptors (Lipinski definition) is 3. The number of nitrogens with one attached hydrogen (secondary N) is 2. The van der Waals surface area contributed by atoms with E-state index in [1.54, 1.807) is 20.9 Å². The van der Waals surface area contributed by atoms with E-state index in [4.69, 9.17) is 0 Å². The summed E-state index contributed by atoms with van der Waals surface area (Å²) >= 11 is 0. The lowest BCUT2D eigenvalue weighted by Gasteiger charge is -2.26. The maximum Gasteiger partial charge on any atom is 0.240 e. The van der Waals surface area contributed by atoms with Gasteiger partial charge in [-0.3, -0.25) is 9.59 Å². The van der Waals surface area contributed by atoms with Gasteiger partial charge in [0, 0.05) is 13.6 Å². The number of nitrogens with zero attached hydrogens (tertiary/aromatic N) is 1. The van der Waals surface area contributed by atoms with Gasteiger partial charge in [0.1, 0.15) is 5.41 Å². The van der Waals surface area contributed by atoms with Gasteiger partial charge in [-0.05, 0) is 26.7 Å². The Kier molecular flexibility index (Phi) is 4.33.